The van der Waals surface area contributed by atoms with Gasteiger partial charge in [-0.1, -0.05) is 19.8 Å². The van der Waals surface area contributed by atoms with Crippen molar-refractivity contribution in [1.29, 1.82) is 0 Å². The third kappa shape index (κ3) is 4.82. The highest BCUT2D eigenvalue weighted by Gasteiger charge is 2.03. The number of hydrogen-bond acceptors (Lipinski definition) is 2. The van der Waals surface area contributed by atoms with Gasteiger partial charge in [0, 0.05) is 19.3 Å². The minimum atomic E-state index is 0.575. The van der Waals surface area contributed by atoms with Gasteiger partial charge >= 0.3 is 0 Å². The van der Waals surface area contributed by atoms with Crippen molar-refractivity contribution in [2.75, 3.05) is 7.05 Å². The molecule has 0 saturated carbocycles. The molecule has 0 aliphatic heterocycles. The average Bonchev–Trinajstić information content (AvgIpc) is 2.00. The zero-order valence-corrected chi connectivity index (χ0v) is 8.17. The Morgan fingerprint density at radius 2 is 2.18 bits per heavy atom. The number of unbranched alkanes of at least 4 members (excludes halogenated alkanes) is 1. The topological polar surface area (TPSA) is 15.6 Å². The molecule has 1 unspecified atom stereocenters. The van der Waals surface area contributed by atoms with E-state index in [1.807, 2.05) is 25.2 Å². The van der Waals surface area contributed by atoms with Crippen LogP contribution in [0.4, 0.5) is 0 Å². The molecule has 11 heavy (non-hydrogen) atoms. The van der Waals surface area contributed by atoms with Gasteiger partial charge in [0.2, 0.25) is 0 Å². The minimum Gasteiger partial charge on any atom is -0.298 e. The number of nitrogens with zero attached hydrogens (tertiary/aromatic N) is 2. The molecule has 0 rings (SSSR count). The van der Waals surface area contributed by atoms with E-state index in [2.05, 4.69) is 18.9 Å². The van der Waals surface area contributed by atoms with Gasteiger partial charge in [-0.05, 0) is 20.3 Å². The van der Waals surface area contributed by atoms with E-state index in [1.165, 1.54) is 19.3 Å². The average molecular weight is 156 g/mol. The second-order valence-electron chi connectivity index (χ2n) is 2.94. The van der Waals surface area contributed by atoms with E-state index < -0.39 is 0 Å². The van der Waals surface area contributed by atoms with Crippen LogP contribution >= 0.6 is 0 Å². The van der Waals surface area contributed by atoms with E-state index in [0.717, 1.165) is 0 Å². The largest absolute Gasteiger partial charge is 0.298 e. The number of rotatable bonds is 5. The third-order valence-corrected chi connectivity index (χ3v) is 1.91. The van der Waals surface area contributed by atoms with Gasteiger partial charge in [0.25, 0.3) is 0 Å². The molecule has 0 saturated heterocycles. The first-order chi connectivity index (χ1) is 5.22. The van der Waals surface area contributed by atoms with Gasteiger partial charge in [-0.15, -0.1) is 0 Å². The first-order valence-electron chi connectivity index (χ1n) is 4.43. The molecular weight excluding hydrogens is 136 g/mol. The number of hydrogen-bond donors (Lipinski definition) is 0. The Morgan fingerprint density at radius 1 is 1.55 bits per heavy atom. The molecule has 0 amide bonds. The van der Waals surface area contributed by atoms with E-state index >= 15 is 0 Å². The highest BCUT2D eigenvalue weighted by atomic mass is 15.4. The lowest BCUT2D eigenvalue weighted by atomic mass is 10.1. The summed E-state index contributed by atoms with van der Waals surface area (Å²) < 4.78 is 0. The molecule has 0 fully saturated rings. The smallest absolute Gasteiger partial charge is 0.0439 e. The van der Waals surface area contributed by atoms with E-state index in [0.29, 0.717) is 6.04 Å². The van der Waals surface area contributed by atoms with Gasteiger partial charge in [-0.3, -0.25) is 5.01 Å². The summed E-state index contributed by atoms with van der Waals surface area (Å²) in [6.07, 6.45) is 5.64. The van der Waals surface area contributed by atoms with Crippen LogP contribution in [-0.4, -0.2) is 24.3 Å². The summed E-state index contributed by atoms with van der Waals surface area (Å²) >= 11 is 0. The minimum absolute atomic E-state index is 0.575. The normalized spacial score (nSPS) is 13.8. The molecule has 2 nitrogen and oxygen atoms in total. The van der Waals surface area contributed by atoms with Crippen molar-refractivity contribution in [3.05, 3.63) is 0 Å². The van der Waals surface area contributed by atoms with E-state index in [4.69, 9.17) is 0 Å². The summed E-state index contributed by atoms with van der Waals surface area (Å²) in [5, 5.41) is 6.21. The molecular formula is C9H20N2. The van der Waals surface area contributed by atoms with Gasteiger partial charge in [0.05, 0.1) is 0 Å². The Kier molecular flexibility index (Phi) is 5.90. The van der Waals surface area contributed by atoms with Crippen LogP contribution in [0.3, 0.4) is 0 Å². The maximum absolute atomic E-state index is 4.19. The van der Waals surface area contributed by atoms with Crippen LogP contribution < -0.4 is 0 Å². The summed E-state index contributed by atoms with van der Waals surface area (Å²) in [5.74, 6) is 0. The summed E-state index contributed by atoms with van der Waals surface area (Å²) in [6, 6.07) is 0.575. The fourth-order valence-electron chi connectivity index (χ4n) is 0.982. The van der Waals surface area contributed by atoms with Crippen LogP contribution in [0, 0.1) is 0 Å². The van der Waals surface area contributed by atoms with Gasteiger partial charge in [-0.25, -0.2) is 0 Å². The van der Waals surface area contributed by atoms with Crippen molar-refractivity contribution in [1.82, 2.24) is 5.01 Å². The van der Waals surface area contributed by atoms with Crippen molar-refractivity contribution < 1.29 is 0 Å². The molecule has 0 aliphatic carbocycles. The molecule has 0 bridgehead atoms. The van der Waals surface area contributed by atoms with Crippen molar-refractivity contribution >= 4 is 6.21 Å². The number of hydrazone groups is 1. The molecule has 0 aromatic heterocycles. The highest BCUT2D eigenvalue weighted by molar-refractivity contribution is 5.52. The highest BCUT2D eigenvalue weighted by Crippen LogP contribution is 2.05. The summed E-state index contributed by atoms with van der Waals surface area (Å²) in [7, 11) is 2.03. The molecule has 0 spiro atoms. The molecule has 0 N–H and O–H groups in total. The molecule has 0 aliphatic rings. The lowest BCUT2D eigenvalue weighted by molar-refractivity contribution is 0.255. The van der Waals surface area contributed by atoms with E-state index in [1.54, 1.807) is 0 Å². The standard InChI is InChI=1S/C9H20N2/c1-5-7-8-9(3)11(4)10-6-2/h6,9H,5,7-8H2,1-4H3/b10-6-. The lowest BCUT2D eigenvalue weighted by Crippen LogP contribution is -2.23. The van der Waals surface area contributed by atoms with E-state index in [-0.39, 0.29) is 0 Å². The molecule has 0 aromatic rings. The first kappa shape index (κ1) is 10.5. The van der Waals surface area contributed by atoms with Crippen LogP contribution in [0.1, 0.15) is 40.0 Å². The van der Waals surface area contributed by atoms with E-state index in [9.17, 15) is 0 Å². The predicted molar refractivity (Wildman–Crippen MR) is 50.9 cm³/mol. The molecule has 0 aromatic carbocycles. The molecule has 0 radical (unpaired) electrons. The van der Waals surface area contributed by atoms with Gasteiger partial charge < -0.3 is 0 Å². The quantitative estimate of drug-likeness (QED) is 0.441. The summed E-state index contributed by atoms with van der Waals surface area (Å²) in [6.45, 7) is 6.38. The van der Waals surface area contributed by atoms with Crippen LogP contribution in [0.15, 0.2) is 5.10 Å². The second kappa shape index (κ2) is 6.20. The van der Waals surface area contributed by atoms with Crippen molar-refractivity contribution in [2.24, 2.45) is 5.10 Å². The van der Waals surface area contributed by atoms with Crippen molar-refractivity contribution in [3.8, 4) is 0 Å². The second-order valence-corrected chi connectivity index (χ2v) is 2.94. The maximum Gasteiger partial charge on any atom is 0.0439 e. The van der Waals surface area contributed by atoms with Crippen LogP contribution in [0.5, 0.6) is 0 Å². The Morgan fingerprint density at radius 3 is 2.64 bits per heavy atom. The maximum atomic E-state index is 4.19. The third-order valence-electron chi connectivity index (χ3n) is 1.91. The molecule has 0 heterocycles. The van der Waals surface area contributed by atoms with Crippen molar-refractivity contribution in [2.45, 2.75) is 46.1 Å². The van der Waals surface area contributed by atoms with Gasteiger partial charge in [0.15, 0.2) is 0 Å². The van der Waals surface area contributed by atoms with Gasteiger partial charge in [-0.2, -0.15) is 5.10 Å². The van der Waals surface area contributed by atoms with Gasteiger partial charge in [0.1, 0.15) is 0 Å². The summed E-state index contributed by atoms with van der Waals surface area (Å²) in [4.78, 5) is 0. The Balaban J connectivity index is 3.54. The monoisotopic (exact) mass is 156 g/mol. The first-order valence-corrected chi connectivity index (χ1v) is 4.43. The predicted octanol–water partition coefficient (Wildman–Crippen LogP) is 2.50. The Hall–Kier alpha value is -0.530. The Labute approximate surface area is 70.3 Å². The zero-order valence-electron chi connectivity index (χ0n) is 8.17. The molecule has 66 valence electrons. The fourth-order valence-corrected chi connectivity index (χ4v) is 0.982. The van der Waals surface area contributed by atoms with Crippen molar-refractivity contribution in [3.63, 3.8) is 0 Å². The molecule has 1 atom stereocenters. The Bertz CT molecular complexity index is 110. The SMILES string of the molecule is C/C=N\N(C)C(C)CCCC. The fraction of sp³-hybridized carbons (Fsp3) is 0.889. The van der Waals surface area contributed by atoms with Crippen LogP contribution in [-0.2, 0) is 0 Å². The molecule has 2 heteroatoms. The summed E-state index contributed by atoms with van der Waals surface area (Å²) in [5.41, 5.74) is 0. The lowest BCUT2D eigenvalue weighted by Gasteiger charge is -2.20. The van der Waals surface area contributed by atoms with Crippen LogP contribution in [0.25, 0.3) is 0 Å². The zero-order chi connectivity index (χ0) is 8.69. The van der Waals surface area contributed by atoms with Crippen LogP contribution in [0.2, 0.25) is 0 Å².